The summed E-state index contributed by atoms with van der Waals surface area (Å²) >= 11 is 0. The maximum absolute atomic E-state index is 13.0. The highest BCUT2D eigenvalue weighted by atomic mass is 32.2. The standard InChI is InChI=1S/C16H13F3N2O5S/c17-11-2-1-3-12(8-11)26-9-14(22)20-21-15(23)10-4-6-13(7-5-10)27(24,25)16(18)19/h1-8,16H,9H2,(H,20,22)(H,21,23). The zero-order chi connectivity index (χ0) is 20.0. The Morgan fingerprint density at radius 2 is 1.70 bits per heavy atom. The molecule has 0 aliphatic heterocycles. The minimum atomic E-state index is -4.76. The summed E-state index contributed by atoms with van der Waals surface area (Å²) < 4.78 is 65.4. The normalized spacial score (nSPS) is 11.1. The molecule has 2 N–H and O–H groups in total. The largest absolute Gasteiger partial charge is 0.484 e. The summed E-state index contributed by atoms with van der Waals surface area (Å²) in [7, 11) is -4.76. The van der Waals surface area contributed by atoms with Crippen LogP contribution in [0.15, 0.2) is 53.4 Å². The van der Waals surface area contributed by atoms with E-state index in [0.29, 0.717) is 0 Å². The van der Waals surface area contributed by atoms with Crippen molar-refractivity contribution in [3.05, 3.63) is 59.9 Å². The van der Waals surface area contributed by atoms with E-state index < -0.39 is 44.7 Å². The molecular formula is C16H13F3N2O5S. The molecule has 144 valence electrons. The van der Waals surface area contributed by atoms with Gasteiger partial charge in [0, 0.05) is 11.6 Å². The highest BCUT2D eigenvalue weighted by Gasteiger charge is 2.26. The average Bonchev–Trinajstić information content (AvgIpc) is 2.64. The number of ether oxygens (including phenoxy) is 1. The van der Waals surface area contributed by atoms with Gasteiger partial charge in [0.05, 0.1) is 4.90 Å². The lowest BCUT2D eigenvalue weighted by molar-refractivity contribution is -0.123. The first kappa shape index (κ1) is 20.2. The van der Waals surface area contributed by atoms with Gasteiger partial charge >= 0.3 is 5.76 Å². The predicted molar refractivity (Wildman–Crippen MR) is 87.1 cm³/mol. The van der Waals surface area contributed by atoms with Crippen LogP contribution < -0.4 is 15.6 Å². The molecule has 0 saturated carbocycles. The Morgan fingerprint density at radius 3 is 2.30 bits per heavy atom. The fourth-order valence-corrected chi connectivity index (χ4v) is 2.56. The fourth-order valence-electron chi connectivity index (χ4n) is 1.84. The molecule has 7 nitrogen and oxygen atoms in total. The molecule has 0 saturated heterocycles. The Hall–Kier alpha value is -3.08. The quantitative estimate of drug-likeness (QED) is 0.716. The molecule has 0 unspecified atom stereocenters. The van der Waals surface area contributed by atoms with Crippen molar-refractivity contribution in [2.24, 2.45) is 0 Å². The summed E-state index contributed by atoms with van der Waals surface area (Å²) in [6.45, 7) is -0.505. The SMILES string of the molecule is O=C(COc1cccc(F)c1)NNC(=O)c1ccc(S(=O)(=O)C(F)F)cc1. The van der Waals surface area contributed by atoms with Crippen LogP contribution in [0.3, 0.4) is 0 Å². The lowest BCUT2D eigenvalue weighted by Crippen LogP contribution is -2.43. The van der Waals surface area contributed by atoms with Crippen molar-refractivity contribution in [1.82, 2.24) is 10.9 Å². The van der Waals surface area contributed by atoms with Crippen molar-refractivity contribution in [3.8, 4) is 5.75 Å². The molecule has 27 heavy (non-hydrogen) atoms. The minimum Gasteiger partial charge on any atom is -0.484 e. The topological polar surface area (TPSA) is 102 Å². The van der Waals surface area contributed by atoms with Gasteiger partial charge in [-0.15, -0.1) is 0 Å². The number of hydrogen-bond acceptors (Lipinski definition) is 5. The third kappa shape index (κ3) is 5.45. The van der Waals surface area contributed by atoms with Crippen molar-refractivity contribution < 1.29 is 35.9 Å². The highest BCUT2D eigenvalue weighted by Crippen LogP contribution is 2.18. The number of hydrazine groups is 1. The number of sulfone groups is 1. The first-order valence-corrected chi connectivity index (χ1v) is 8.84. The Morgan fingerprint density at radius 1 is 1.04 bits per heavy atom. The highest BCUT2D eigenvalue weighted by molar-refractivity contribution is 7.91. The van der Waals surface area contributed by atoms with Gasteiger partial charge in [-0.25, -0.2) is 12.8 Å². The van der Waals surface area contributed by atoms with E-state index in [0.717, 1.165) is 30.3 Å². The zero-order valence-corrected chi connectivity index (χ0v) is 14.3. The molecule has 0 bridgehead atoms. The van der Waals surface area contributed by atoms with Gasteiger partial charge in [0.1, 0.15) is 11.6 Å². The van der Waals surface area contributed by atoms with E-state index in [1.165, 1.54) is 18.2 Å². The third-order valence-corrected chi connectivity index (χ3v) is 4.56. The molecule has 0 fully saturated rings. The third-order valence-electron chi connectivity index (χ3n) is 3.16. The van der Waals surface area contributed by atoms with Gasteiger partial charge in [-0.05, 0) is 36.4 Å². The summed E-state index contributed by atoms with van der Waals surface area (Å²) in [5.41, 5.74) is 4.00. The van der Waals surface area contributed by atoms with Crippen LogP contribution in [0.5, 0.6) is 5.75 Å². The Labute approximate surface area is 152 Å². The molecule has 2 aromatic rings. The summed E-state index contributed by atoms with van der Waals surface area (Å²) in [4.78, 5) is 22.8. The first-order valence-electron chi connectivity index (χ1n) is 7.30. The van der Waals surface area contributed by atoms with Gasteiger partial charge in [0.25, 0.3) is 11.8 Å². The number of nitrogens with one attached hydrogen (secondary N) is 2. The van der Waals surface area contributed by atoms with Gasteiger partial charge < -0.3 is 4.74 Å². The van der Waals surface area contributed by atoms with Crippen molar-refractivity contribution in [2.45, 2.75) is 10.7 Å². The van der Waals surface area contributed by atoms with E-state index in [1.54, 1.807) is 0 Å². The van der Waals surface area contributed by atoms with Gasteiger partial charge in [-0.3, -0.25) is 20.4 Å². The van der Waals surface area contributed by atoms with E-state index in [9.17, 15) is 31.2 Å². The zero-order valence-electron chi connectivity index (χ0n) is 13.5. The number of benzene rings is 2. The van der Waals surface area contributed by atoms with Crippen LogP contribution in [0.2, 0.25) is 0 Å². The number of amides is 2. The van der Waals surface area contributed by atoms with E-state index in [2.05, 4.69) is 0 Å². The van der Waals surface area contributed by atoms with Crippen LogP contribution in [-0.4, -0.2) is 32.6 Å². The van der Waals surface area contributed by atoms with Crippen molar-refractivity contribution in [2.75, 3.05) is 6.61 Å². The van der Waals surface area contributed by atoms with E-state index in [1.807, 2.05) is 10.9 Å². The van der Waals surface area contributed by atoms with Crippen molar-refractivity contribution >= 4 is 21.7 Å². The Kier molecular flexibility index (Phi) is 6.40. The van der Waals surface area contributed by atoms with Crippen molar-refractivity contribution in [1.29, 1.82) is 0 Å². The number of carbonyl (C=O) groups is 2. The second-order valence-corrected chi connectivity index (χ2v) is 7.00. The van der Waals surface area contributed by atoms with Crippen molar-refractivity contribution in [3.63, 3.8) is 0 Å². The molecule has 0 radical (unpaired) electrons. The molecule has 0 aromatic heterocycles. The van der Waals surface area contributed by atoms with E-state index in [4.69, 9.17) is 4.74 Å². The smallest absolute Gasteiger partial charge is 0.341 e. The lowest BCUT2D eigenvalue weighted by atomic mass is 10.2. The Bertz CT molecular complexity index is 933. The fraction of sp³-hybridized carbons (Fsp3) is 0.125. The van der Waals surface area contributed by atoms with Gasteiger partial charge in [-0.2, -0.15) is 8.78 Å². The molecule has 0 spiro atoms. The number of hydrogen-bond donors (Lipinski definition) is 2. The number of halogens is 3. The maximum atomic E-state index is 13.0. The van der Waals surface area contributed by atoms with Gasteiger partial charge in [0.2, 0.25) is 9.84 Å². The van der Waals surface area contributed by atoms with Crippen LogP contribution in [-0.2, 0) is 14.6 Å². The molecule has 0 aliphatic carbocycles. The average molecular weight is 402 g/mol. The summed E-state index contributed by atoms with van der Waals surface area (Å²) in [6.07, 6.45) is 0. The maximum Gasteiger partial charge on any atom is 0.341 e. The van der Waals surface area contributed by atoms with Crippen LogP contribution in [0, 0.1) is 5.82 Å². The molecule has 0 aliphatic rings. The summed E-state index contributed by atoms with van der Waals surface area (Å²) in [6, 6.07) is 8.83. The number of alkyl halides is 2. The van der Waals surface area contributed by atoms with Crippen LogP contribution in [0.4, 0.5) is 13.2 Å². The monoisotopic (exact) mass is 402 g/mol. The van der Waals surface area contributed by atoms with Gasteiger partial charge in [-0.1, -0.05) is 6.07 Å². The molecule has 2 amide bonds. The lowest BCUT2D eigenvalue weighted by Gasteiger charge is -2.09. The molecule has 11 heteroatoms. The Balaban J connectivity index is 1.87. The number of carbonyl (C=O) groups excluding carboxylic acids is 2. The molecule has 0 heterocycles. The molecule has 2 rings (SSSR count). The van der Waals surface area contributed by atoms with Crippen LogP contribution in [0.25, 0.3) is 0 Å². The van der Waals surface area contributed by atoms with Crippen LogP contribution in [0.1, 0.15) is 10.4 Å². The second kappa shape index (κ2) is 8.54. The first-order chi connectivity index (χ1) is 12.7. The molecule has 0 atom stereocenters. The summed E-state index contributed by atoms with van der Waals surface area (Å²) in [5, 5.41) is 0. The second-order valence-electron chi connectivity index (χ2n) is 5.08. The van der Waals surface area contributed by atoms with E-state index in [-0.39, 0.29) is 11.3 Å². The van der Waals surface area contributed by atoms with Gasteiger partial charge in [0.15, 0.2) is 6.61 Å². The number of rotatable bonds is 6. The predicted octanol–water partition coefficient (Wildman–Crippen LogP) is 1.66. The molecule has 2 aromatic carbocycles. The summed E-state index contributed by atoms with van der Waals surface area (Å²) in [5.74, 6) is -5.56. The minimum absolute atomic E-state index is 0.0745. The van der Waals surface area contributed by atoms with Crippen LogP contribution >= 0.6 is 0 Å². The van der Waals surface area contributed by atoms with E-state index >= 15 is 0 Å². The molecular weight excluding hydrogens is 389 g/mol.